The number of allylic oxidation sites excluding steroid dienone is 1. The van der Waals surface area contributed by atoms with Crippen molar-refractivity contribution in [2.24, 2.45) is 0 Å². The van der Waals surface area contributed by atoms with E-state index in [-0.39, 0.29) is 12.2 Å². The predicted octanol–water partition coefficient (Wildman–Crippen LogP) is 5.47. The lowest BCUT2D eigenvalue weighted by Crippen LogP contribution is -2.05. The summed E-state index contributed by atoms with van der Waals surface area (Å²) >= 11 is 0. The van der Waals surface area contributed by atoms with E-state index >= 15 is 0 Å². The van der Waals surface area contributed by atoms with Crippen LogP contribution in [0.3, 0.4) is 0 Å². The molecule has 0 saturated heterocycles. The highest BCUT2D eigenvalue weighted by molar-refractivity contribution is 6.15. The topological polar surface area (TPSA) is 55.8 Å². The van der Waals surface area contributed by atoms with Gasteiger partial charge in [0.2, 0.25) is 0 Å². The zero-order chi connectivity index (χ0) is 20.6. The van der Waals surface area contributed by atoms with Crippen molar-refractivity contribution in [2.75, 3.05) is 0 Å². The molecule has 0 atom stereocenters. The highest BCUT2D eigenvalue weighted by Crippen LogP contribution is 2.26. The van der Waals surface area contributed by atoms with Crippen molar-refractivity contribution >= 4 is 11.5 Å². The molecule has 0 aliphatic rings. The average Bonchev–Trinajstić information content (AvgIpc) is 2.72. The summed E-state index contributed by atoms with van der Waals surface area (Å²) < 4.78 is 25.4. The zero-order valence-corrected chi connectivity index (χ0v) is 16.0. The van der Waals surface area contributed by atoms with Crippen LogP contribution in [0.25, 0.3) is 5.57 Å². The first kappa shape index (κ1) is 20.1. The Morgan fingerprint density at radius 3 is 2.21 bits per heavy atom. The molecule has 3 rings (SSSR count). The smallest absolute Gasteiger partial charge is 0.335 e. The molecule has 0 aliphatic carbocycles. The molecule has 3 aromatic rings. The van der Waals surface area contributed by atoms with E-state index < -0.39 is 11.8 Å². The maximum Gasteiger partial charge on any atom is 0.335 e. The molecule has 0 amide bonds. The number of hydrogen-bond donors (Lipinski definition) is 1. The number of ether oxygens (including phenoxy) is 2. The molecule has 4 nitrogen and oxygen atoms in total. The number of rotatable bonds is 8. The summed E-state index contributed by atoms with van der Waals surface area (Å²) in [5, 5.41) is 9.39. The predicted molar refractivity (Wildman–Crippen MR) is 109 cm³/mol. The number of carboxylic acids is 1. The number of carboxylic acid groups (broad SMARTS) is 1. The maximum absolute atomic E-state index is 14.0. The minimum atomic E-state index is -1.01. The van der Waals surface area contributed by atoms with Gasteiger partial charge in [-0.3, -0.25) is 0 Å². The standard InChI is InChI=1S/C24H21FO4/c1-2-22(24(26)27)23-11-7-6-10-18(23)16-29-21-13-19(25)12-20(14-21)28-15-17-8-4-3-5-9-17/h2-14H,15-16H2,1H3,(H,26,27). The fraction of sp³-hybridized carbons (Fsp3) is 0.125. The molecule has 0 saturated carbocycles. The van der Waals surface area contributed by atoms with E-state index in [1.165, 1.54) is 12.1 Å². The van der Waals surface area contributed by atoms with Gasteiger partial charge in [-0.1, -0.05) is 60.7 Å². The Hall–Kier alpha value is -3.60. The van der Waals surface area contributed by atoms with E-state index in [4.69, 9.17) is 9.47 Å². The van der Waals surface area contributed by atoms with Gasteiger partial charge >= 0.3 is 5.97 Å². The average molecular weight is 392 g/mol. The van der Waals surface area contributed by atoms with Crippen molar-refractivity contribution in [3.63, 3.8) is 0 Å². The Labute approximate surface area is 168 Å². The van der Waals surface area contributed by atoms with Gasteiger partial charge in [0, 0.05) is 18.2 Å². The van der Waals surface area contributed by atoms with Crippen molar-refractivity contribution in [3.05, 3.63) is 101 Å². The van der Waals surface area contributed by atoms with Gasteiger partial charge in [0.25, 0.3) is 0 Å². The van der Waals surface area contributed by atoms with Crippen LogP contribution in [0.1, 0.15) is 23.6 Å². The van der Waals surface area contributed by atoms with Crippen LogP contribution in [0.2, 0.25) is 0 Å². The summed E-state index contributed by atoms with van der Waals surface area (Å²) in [7, 11) is 0. The number of halogens is 1. The summed E-state index contributed by atoms with van der Waals surface area (Å²) in [5.74, 6) is -0.821. The maximum atomic E-state index is 14.0. The first-order valence-corrected chi connectivity index (χ1v) is 9.15. The Morgan fingerprint density at radius 2 is 1.55 bits per heavy atom. The summed E-state index contributed by atoms with van der Waals surface area (Å²) in [5.41, 5.74) is 2.43. The molecule has 0 fully saturated rings. The first-order valence-electron chi connectivity index (χ1n) is 9.15. The van der Waals surface area contributed by atoms with Crippen LogP contribution < -0.4 is 9.47 Å². The number of hydrogen-bond acceptors (Lipinski definition) is 3. The second kappa shape index (κ2) is 9.55. The fourth-order valence-corrected chi connectivity index (χ4v) is 2.91. The van der Waals surface area contributed by atoms with Crippen LogP contribution in [0.5, 0.6) is 11.5 Å². The minimum absolute atomic E-state index is 0.0996. The SMILES string of the molecule is CC=C(C(=O)O)c1ccccc1COc1cc(F)cc(OCc2ccccc2)c1. The first-order chi connectivity index (χ1) is 14.1. The molecular formula is C24H21FO4. The Bertz CT molecular complexity index is 1010. The molecule has 0 unspecified atom stereocenters. The molecule has 1 N–H and O–H groups in total. The third kappa shape index (κ3) is 5.45. The van der Waals surface area contributed by atoms with E-state index in [0.29, 0.717) is 29.2 Å². The molecule has 0 bridgehead atoms. The van der Waals surface area contributed by atoms with E-state index in [1.807, 2.05) is 30.3 Å². The van der Waals surface area contributed by atoms with Gasteiger partial charge in [-0.2, -0.15) is 0 Å². The van der Waals surface area contributed by atoms with Gasteiger partial charge < -0.3 is 14.6 Å². The molecule has 0 heterocycles. The Balaban J connectivity index is 1.73. The van der Waals surface area contributed by atoms with E-state index in [2.05, 4.69) is 0 Å². The van der Waals surface area contributed by atoms with Crippen molar-refractivity contribution in [1.29, 1.82) is 0 Å². The summed E-state index contributed by atoms with van der Waals surface area (Å²) in [4.78, 5) is 11.5. The van der Waals surface area contributed by atoms with Gasteiger partial charge in [-0.25, -0.2) is 9.18 Å². The number of aliphatic carboxylic acids is 1. The van der Waals surface area contributed by atoms with Crippen LogP contribution in [0, 0.1) is 5.82 Å². The Kier molecular flexibility index (Phi) is 6.63. The minimum Gasteiger partial charge on any atom is -0.489 e. The van der Waals surface area contributed by atoms with Crippen LogP contribution >= 0.6 is 0 Å². The lowest BCUT2D eigenvalue weighted by molar-refractivity contribution is -0.130. The zero-order valence-electron chi connectivity index (χ0n) is 16.0. The summed E-state index contributed by atoms with van der Waals surface area (Å²) in [6, 6.07) is 20.8. The van der Waals surface area contributed by atoms with Gasteiger partial charge in [0.1, 0.15) is 30.5 Å². The lowest BCUT2D eigenvalue weighted by atomic mass is 10.00. The van der Waals surface area contributed by atoms with Gasteiger partial charge in [-0.05, 0) is 23.6 Å². The molecule has 3 aromatic carbocycles. The third-order valence-corrected chi connectivity index (χ3v) is 4.31. The quantitative estimate of drug-likeness (QED) is 0.517. The largest absolute Gasteiger partial charge is 0.489 e. The number of carbonyl (C=O) groups is 1. The lowest BCUT2D eigenvalue weighted by Gasteiger charge is -2.13. The second-order valence-electron chi connectivity index (χ2n) is 6.35. The molecule has 0 radical (unpaired) electrons. The van der Waals surface area contributed by atoms with Crippen LogP contribution in [0.4, 0.5) is 4.39 Å². The van der Waals surface area contributed by atoms with Crippen LogP contribution in [-0.4, -0.2) is 11.1 Å². The van der Waals surface area contributed by atoms with Crippen molar-refractivity contribution in [1.82, 2.24) is 0 Å². The normalized spacial score (nSPS) is 11.2. The summed E-state index contributed by atoms with van der Waals surface area (Å²) in [6.45, 7) is 2.09. The van der Waals surface area contributed by atoms with Crippen molar-refractivity contribution in [2.45, 2.75) is 20.1 Å². The molecular weight excluding hydrogens is 371 g/mol. The monoisotopic (exact) mass is 392 g/mol. The third-order valence-electron chi connectivity index (χ3n) is 4.31. The second-order valence-corrected chi connectivity index (χ2v) is 6.35. The van der Waals surface area contributed by atoms with Crippen molar-refractivity contribution < 1.29 is 23.8 Å². The van der Waals surface area contributed by atoms with Crippen molar-refractivity contribution in [3.8, 4) is 11.5 Å². The highest BCUT2D eigenvalue weighted by Gasteiger charge is 2.14. The van der Waals surface area contributed by atoms with Gasteiger partial charge in [-0.15, -0.1) is 0 Å². The van der Waals surface area contributed by atoms with Crippen LogP contribution in [0.15, 0.2) is 78.9 Å². The number of benzene rings is 3. The van der Waals surface area contributed by atoms with Gasteiger partial charge in [0.15, 0.2) is 0 Å². The molecule has 5 heteroatoms. The van der Waals surface area contributed by atoms with E-state index in [1.54, 1.807) is 43.3 Å². The van der Waals surface area contributed by atoms with E-state index in [0.717, 1.165) is 5.56 Å². The molecule has 0 spiro atoms. The Morgan fingerprint density at radius 1 is 0.931 bits per heavy atom. The molecule has 148 valence electrons. The van der Waals surface area contributed by atoms with Gasteiger partial charge in [0.05, 0.1) is 5.57 Å². The molecule has 0 aliphatic heterocycles. The summed E-state index contributed by atoms with van der Waals surface area (Å²) in [6.07, 6.45) is 1.54. The van der Waals surface area contributed by atoms with E-state index in [9.17, 15) is 14.3 Å². The fourth-order valence-electron chi connectivity index (χ4n) is 2.91. The highest BCUT2D eigenvalue weighted by atomic mass is 19.1. The molecule has 29 heavy (non-hydrogen) atoms. The molecule has 0 aromatic heterocycles. The van der Waals surface area contributed by atoms with Crippen LogP contribution in [-0.2, 0) is 18.0 Å².